The third-order valence-corrected chi connectivity index (χ3v) is 3.13. The van der Waals surface area contributed by atoms with Crippen LogP contribution in [0.15, 0.2) is 49.1 Å². The molecule has 0 aliphatic rings. The van der Waals surface area contributed by atoms with Crippen LogP contribution in [0.4, 0.5) is 19.1 Å². The third kappa shape index (κ3) is 3.10. The number of hydrogen-bond donors (Lipinski definition) is 1. The molecule has 2 N–H and O–H groups in total. The molecule has 2 heterocycles. The van der Waals surface area contributed by atoms with Crippen molar-refractivity contribution < 1.29 is 13.2 Å². The first-order valence-corrected chi connectivity index (χ1v) is 6.51. The Morgan fingerprint density at radius 2 is 1.65 bits per heavy atom. The average molecular weight is 317 g/mol. The van der Waals surface area contributed by atoms with E-state index in [-0.39, 0.29) is 5.95 Å². The van der Waals surface area contributed by atoms with E-state index >= 15 is 0 Å². The molecule has 5 nitrogen and oxygen atoms in total. The fourth-order valence-electron chi connectivity index (χ4n) is 2.06. The van der Waals surface area contributed by atoms with Gasteiger partial charge in [-0.15, -0.1) is 0 Å². The summed E-state index contributed by atoms with van der Waals surface area (Å²) in [6.45, 7) is 0. The van der Waals surface area contributed by atoms with Crippen LogP contribution in [0.2, 0.25) is 0 Å². The number of aromatic nitrogens is 4. The van der Waals surface area contributed by atoms with Crippen LogP contribution in [-0.2, 0) is 6.18 Å². The number of rotatable bonds is 2. The van der Waals surface area contributed by atoms with Gasteiger partial charge in [0.1, 0.15) is 0 Å². The zero-order valence-electron chi connectivity index (χ0n) is 11.6. The molecule has 116 valence electrons. The molecular formula is C15H10F3N5. The Morgan fingerprint density at radius 1 is 0.913 bits per heavy atom. The minimum Gasteiger partial charge on any atom is -0.368 e. The van der Waals surface area contributed by atoms with Gasteiger partial charge < -0.3 is 5.73 Å². The van der Waals surface area contributed by atoms with Crippen molar-refractivity contribution in [3.05, 3.63) is 54.6 Å². The van der Waals surface area contributed by atoms with Crippen LogP contribution in [0.5, 0.6) is 0 Å². The van der Waals surface area contributed by atoms with Gasteiger partial charge in [0.15, 0.2) is 0 Å². The van der Waals surface area contributed by atoms with Gasteiger partial charge in [-0.25, -0.2) is 9.97 Å². The SMILES string of the molecule is Nc1ncc(-c2cnccn2)c(-c2ccc(C(F)(F)F)cc2)n1. The highest BCUT2D eigenvalue weighted by Gasteiger charge is 2.30. The highest BCUT2D eigenvalue weighted by atomic mass is 19.4. The van der Waals surface area contributed by atoms with Gasteiger partial charge in [0.05, 0.1) is 23.1 Å². The van der Waals surface area contributed by atoms with Crippen molar-refractivity contribution in [1.82, 2.24) is 19.9 Å². The maximum atomic E-state index is 12.7. The number of anilines is 1. The lowest BCUT2D eigenvalue weighted by Gasteiger charge is -2.10. The zero-order chi connectivity index (χ0) is 16.4. The number of halogens is 3. The van der Waals surface area contributed by atoms with Crippen LogP contribution in [0.3, 0.4) is 0 Å². The Bertz CT molecular complexity index is 817. The van der Waals surface area contributed by atoms with Crippen molar-refractivity contribution in [3.8, 4) is 22.5 Å². The van der Waals surface area contributed by atoms with Crippen molar-refractivity contribution in [3.63, 3.8) is 0 Å². The number of alkyl halides is 3. The Labute approximate surface area is 129 Å². The van der Waals surface area contributed by atoms with Crippen molar-refractivity contribution >= 4 is 5.95 Å². The molecule has 0 radical (unpaired) electrons. The van der Waals surface area contributed by atoms with Crippen LogP contribution in [0, 0.1) is 0 Å². The molecule has 0 saturated heterocycles. The van der Waals surface area contributed by atoms with Crippen LogP contribution < -0.4 is 5.73 Å². The van der Waals surface area contributed by atoms with E-state index in [1.54, 1.807) is 0 Å². The first-order chi connectivity index (χ1) is 10.9. The fraction of sp³-hybridized carbons (Fsp3) is 0.0667. The van der Waals surface area contributed by atoms with Gasteiger partial charge in [0, 0.05) is 29.7 Å². The van der Waals surface area contributed by atoms with Crippen molar-refractivity contribution in [2.45, 2.75) is 6.18 Å². The Kier molecular flexibility index (Phi) is 3.65. The second-order valence-electron chi connectivity index (χ2n) is 4.66. The Balaban J connectivity index is 2.11. The van der Waals surface area contributed by atoms with Crippen LogP contribution in [-0.4, -0.2) is 19.9 Å². The number of nitrogen functional groups attached to an aromatic ring is 1. The van der Waals surface area contributed by atoms with E-state index in [1.807, 2.05) is 0 Å². The third-order valence-electron chi connectivity index (χ3n) is 3.13. The summed E-state index contributed by atoms with van der Waals surface area (Å²) in [5.74, 6) is 0.0209. The van der Waals surface area contributed by atoms with Gasteiger partial charge in [-0.05, 0) is 12.1 Å². The number of benzene rings is 1. The molecule has 0 amide bonds. The van der Waals surface area contributed by atoms with Gasteiger partial charge in [0.25, 0.3) is 0 Å². The monoisotopic (exact) mass is 317 g/mol. The first kappa shape index (κ1) is 14.9. The lowest BCUT2D eigenvalue weighted by atomic mass is 10.0. The summed E-state index contributed by atoms with van der Waals surface area (Å²) in [4.78, 5) is 16.2. The van der Waals surface area contributed by atoms with E-state index in [4.69, 9.17) is 5.73 Å². The lowest BCUT2D eigenvalue weighted by molar-refractivity contribution is -0.137. The predicted octanol–water partition coefficient (Wildman–Crippen LogP) is 3.20. The van der Waals surface area contributed by atoms with Gasteiger partial charge in [-0.2, -0.15) is 13.2 Å². The van der Waals surface area contributed by atoms with Crippen LogP contribution in [0.1, 0.15) is 5.56 Å². The summed E-state index contributed by atoms with van der Waals surface area (Å²) in [7, 11) is 0. The molecule has 0 saturated carbocycles. The summed E-state index contributed by atoms with van der Waals surface area (Å²) >= 11 is 0. The molecule has 0 aliphatic heterocycles. The highest BCUT2D eigenvalue weighted by Crippen LogP contribution is 2.33. The summed E-state index contributed by atoms with van der Waals surface area (Å²) < 4.78 is 38.0. The Morgan fingerprint density at radius 3 is 2.26 bits per heavy atom. The number of hydrogen-bond acceptors (Lipinski definition) is 5. The average Bonchev–Trinajstić information content (AvgIpc) is 2.55. The van der Waals surface area contributed by atoms with Crippen molar-refractivity contribution in [2.75, 3.05) is 5.73 Å². The molecule has 0 bridgehead atoms. The topological polar surface area (TPSA) is 77.6 Å². The molecule has 1 aromatic carbocycles. The van der Waals surface area contributed by atoms with Crippen LogP contribution in [0.25, 0.3) is 22.5 Å². The standard InChI is InChI=1S/C15H10F3N5/c16-15(17,18)10-3-1-9(2-4-10)13-11(7-22-14(19)23-13)12-8-20-5-6-21-12/h1-8H,(H2,19,22,23). The quantitative estimate of drug-likeness (QED) is 0.785. The van der Waals surface area contributed by atoms with E-state index in [9.17, 15) is 13.2 Å². The fourth-order valence-corrected chi connectivity index (χ4v) is 2.06. The number of nitrogens with zero attached hydrogens (tertiary/aromatic N) is 4. The molecule has 0 spiro atoms. The molecule has 0 aliphatic carbocycles. The lowest BCUT2D eigenvalue weighted by Crippen LogP contribution is -2.04. The van der Waals surface area contributed by atoms with E-state index in [0.717, 1.165) is 12.1 Å². The summed E-state index contributed by atoms with van der Waals surface area (Å²) in [5, 5.41) is 0. The minimum atomic E-state index is -4.39. The normalized spacial score (nSPS) is 11.4. The molecule has 23 heavy (non-hydrogen) atoms. The van der Waals surface area contributed by atoms with E-state index in [2.05, 4.69) is 19.9 Å². The largest absolute Gasteiger partial charge is 0.416 e. The second kappa shape index (κ2) is 5.64. The molecular weight excluding hydrogens is 307 g/mol. The molecule has 0 fully saturated rings. The molecule has 3 aromatic rings. The smallest absolute Gasteiger partial charge is 0.368 e. The molecule has 8 heteroatoms. The molecule has 0 unspecified atom stereocenters. The molecule has 3 rings (SSSR count). The molecule has 0 atom stereocenters. The van der Waals surface area contributed by atoms with Gasteiger partial charge >= 0.3 is 6.18 Å². The Hall–Kier alpha value is -3.03. The highest BCUT2D eigenvalue weighted by molar-refractivity contribution is 5.78. The van der Waals surface area contributed by atoms with Crippen LogP contribution >= 0.6 is 0 Å². The van der Waals surface area contributed by atoms with E-state index < -0.39 is 11.7 Å². The molecule has 2 aromatic heterocycles. The van der Waals surface area contributed by atoms with Crippen molar-refractivity contribution in [1.29, 1.82) is 0 Å². The summed E-state index contributed by atoms with van der Waals surface area (Å²) in [5.41, 5.74) is 6.78. The summed E-state index contributed by atoms with van der Waals surface area (Å²) in [6.07, 6.45) is 1.61. The maximum absolute atomic E-state index is 12.7. The second-order valence-corrected chi connectivity index (χ2v) is 4.66. The minimum absolute atomic E-state index is 0.0209. The maximum Gasteiger partial charge on any atom is 0.416 e. The van der Waals surface area contributed by atoms with Gasteiger partial charge in [-0.3, -0.25) is 9.97 Å². The number of nitrogens with two attached hydrogens (primary N) is 1. The van der Waals surface area contributed by atoms with E-state index in [0.29, 0.717) is 22.5 Å². The van der Waals surface area contributed by atoms with Crippen molar-refractivity contribution in [2.24, 2.45) is 0 Å². The van der Waals surface area contributed by atoms with Gasteiger partial charge in [0.2, 0.25) is 5.95 Å². The van der Waals surface area contributed by atoms with Gasteiger partial charge in [-0.1, -0.05) is 12.1 Å². The zero-order valence-corrected chi connectivity index (χ0v) is 11.6. The van der Waals surface area contributed by atoms with E-state index in [1.165, 1.54) is 36.9 Å². The first-order valence-electron chi connectivity index (χ1n) is 6.51. The summed E-state index contributed by atoms with van der Waals surface area (Å²) in [6, 6.07) is 4.66. The predicted molar refractivity (Wildman–Crippen MR) is 77.9 cm³/mol.